The Morgan fingerprint density at radius 3 is 1.93 bits per heavy atom. The fourth-order valence-corrected chi connectivity index (χ4v) is 3.93. The Balaban J connectivity index is 0.00000169. The number of unbranched alkanes of at least 4 members (excludes halogenated alkanes) is 2. The van der Waals surface area contributed by atoms with Gasteiger partial charge in [0.1, 0.15) is 5.82 Å². The maximum absolute atomic E-state index is 12.7. The van der Waals surface area contributed by atoms with Crippen molar-refractivity contribution < 1.29 is 27.6 Å². The molecular formula is C30H31F3N8O3. The van der Waals surface area contributed by atoms with Crippen molar-refractivity contribution in [2.24, 2.45) is 0 Å². The number of amides is 1. The number of isocyanates is 1. The molecule has 230 valence electrons. The van der Waals surface area contributed by atoms with Gasteiger partial charge in [-0.25, -0.2) is 30.1 Å². The Morgan fingerprint density at radius 2 is 1.39 bits per heavy atom. The van der Waals surface area contributed by atoms with Gasteiger partial charge in [0, 0.05) is 23.2 Å². The molecule has 11 nitrogen and oxygen atoms in total. The second kappa shape index (κ2) is 15.9. The number of aryl methyl sites for hydroxylation is 1. The molecule has 1 amide bonds. The number of anilines is 1. The number of carbonyl (C=O) groups excluding carboxylic acids is 3. The summed E-state index contributed by atoms with van der Waals surface area (Å²) in [5, 5.41) is 14.6. The van der Waals surface area contributed by atoms with Gasteiger partial charge in [0.25, 0.3) is 0 Å². The summed E-state index contributed by atoms with van der Waals surface area (Å²) in [4.78, 5) is 49.5. The van der Waals surface area contributed by atoms with E-state index in [1.165, 1.54) is 5.56 Å². The fourth-order valence-electron chi connectivity index (χ4n) is 3.93. The molecule has 0 aliphatic carbocycles. The zero-order valence-corrected chi connectivity index (χ0v) is 24.2. The summed E-state index contributed by atoms with van der Waals surface area (Å²) in [5.74, 6) is -1.71. The van der Waals surface area contributed by atoms with Crippen molar-refractivity contribution in [3.8, 4) is 34.4 Å². The standard InChI is InChI=1S/C29H30F3N7O2.CHNO/c1-3-5-7-18-9-11-19(12-10-18)25-35-26(20-13-15-21(16-14-20)33-24(41)8-6-4-2)37-27(36-25)28-34-23(38-39-28)17-22(40)29(30,31)32;2-1-3/h9-16H,3-8,17H2,1-2H3,(H,33,41)(H,34,38,39);2H. The normalized spacial score (nSPS) is 10.8. The predicted molar refractivity (Wildman–Crippen MR) is 156 cm³/mol. The summed E-state index contributed by atoms with van der Waals surface area (Å²) >= 11 is 0. The number of ketones is 1. The summed E-state index contributed by atoms with van der Waals surface area (Å²) in [7, 11) is 0. The van der Waals surface area contributed by atoms with E-state index in [4.69, 9.17) is 10.2 Å². The fraction of sp³-hybridized carbons (Fsp3) is 0.333. The molecular weight excluding hydrogens is 577 g/mol. The molecule has 0 bridgehead atoms. The summed E-state index contributed by atoms with van der Waals surface area (Å²) < 4.78 is 38.2. The van der Waals surface area contributed by atoms with Gasteiger partial charge in [-0.2, -0.15) is 13.2 Å². The maximum Gasteiger partial charge on any atom is 0.450 e. The molecule has 0 aliphatic heterocycles. The maximum atomic E-state index is 12.7. The first-order valence-electron chi connectivity index (χ1n) is 13.9. The van der Waals surface area contributed by atoms with Crippen LogP contribution in [0.1, 0.15) is 57.3 Å². The first kappa shape index (κ1) is 33.4. The van der Waals surface area contributed by atoms with Gasteiger partial charge >= 0.3 is 6.18 Å². The number of nitrogens with one attached hydrogen (secondary N) is 3. The number of Topliss-reactive ketones (excluding diaryl/α,β-unsaturated/α-hetero) is 1. The van der Waals surface area contributed by atoms with Crippen molar-refractivity contribution in [3.63, 3.8) is 0 Å². The van der Waals surface area contributed by atoms with Crippen LogP contribution < -0.4 is 5.32 Å². The predicted octanol–water partition coefficient (Wildman–Crippen LogP) is 6.04. The number of H-pyrrole nitrogens is 1. The van der Waals surface area contributed by atoms with Gasteiger partial charge in [0.05, 0.1) is 6.42 Å². The third-order valence-corrected chi connectivity index (χ3v) is 6.23. The van der Waals surface area contributed by atoms with Crippen LogP contribution in [0, 0.1) is 5.41 Å². The van der Waals surface area contributed by atoms with E-state index in [0.717, 1.165) is 38.2 Å². The minimum Gasteiger partial charge on any atom is -0.326 e. The number of aromatic amines is 1. The highest BCUT2D eigenvalue weighted by Crippen LogP contribution is 2.25. The van der Waals surface area contributed by atoms with Crippen molar-refractivity contribution in [1.29, 1.82) is 5.41 Å². The summed E-state index contributed by atoms with van der Waals surface area (Å²) in [6.45, 7) is 4.14. The van der Waals surface area contributed by atoms with Crippen LogP contribution in [0.25, 0.3) is 34.4 Å². The van der Waals surface area contributed by atoms with Crippen LogP contribution in [-0.2, 0) is 27.2 Å². The van der Waals surface area contributed by atoms with Crippen LogP contribution in [0.5, 0.6) is 0 Å². The third-order valence-electron chi connectivity index (χ3n) is 6.23. The highest BCUT2D eigenvalue weighted by atomic mass is 19.4. The molecule has 2 aromatic heterocycles. The van der Waals surface area contributed by atoms with E-state index in [-0.39, 0.29) is 29.2 Å². The number of nitrogens with zero attached hydrogens (tertiary/aromatic N) is 5. The zero-order valence-electron chi connectivity index (χ0n) is 24.2. The lowest BCUT2D eigenvalue weighted by atomic mass is 10.1. The molecule has 2 heterocycles. The van der Waals surface area contributed by atoms with Crippen LogP contribution in [0.3, 0.4) is 0 Å². The SMILES string of the molecule is CCCCC(=O)Nc1ccc(-c2nc(-c3ccc(CCCC)cc3)nc(-c3n[nH]c(CC(=O)C(F)(F)F)n3)n2)cc1.N=C=O. The van der Waals surface area contributed by atoms with Crippen molar-refractivity contribution in [2.75, 3.05) is 5.32 Å². The van der Waals surface area contributed by atoms with Crippen LogP contribution in [-0.4, -0.2) is 54.1 Å². The molecule has 4 aromatic rings. The summed E-state index contributed by atoms with van der Waals surface area (Å²) in [6, 6.07) is 14.8. The number of benzene rings is 2. The molecule has 14 heteroatoms. The Hall–Kier alpha value is -5.10. The van der Waals surface area contributed by atoms with Crippen molar-refractivity contribution in [1.82, 2.24) is 30.1 Å². The molecule has 4 rings (SSSR count). The van der Waals surface area contributed by atoms with Crippen molar-refractivity contribution >= 4 is 23.5 Å². The van der Waals surface area contributed by atoms with Gasteiger partial charge in [-0.15, -0.1) is 5.10 Å². The largest absolute Gasteiger partial charge is 0.450 e. The molecule has 3 N–H and O–H groups in total. The third kappa shape index (κ3) is 9.73. The highest BCUT2D eigenvalue weighted by molar-refractivity contribution is 5.91. The van der Waals surface area contributed by atoms with E-state index in [2.05, 4.69) is 42.4 Å². The smallest absolute Gasteiger partial charge is 0.326 e. The minimum absolute atomic E-state index is 0.0268. The molecule has 0 radical (unpaired) electrons. The Morgan fingerprint density at radius 1 is 0.841 bits per heavy atom. The number of hydrogen-bond donors (Lipinski definition) is 3. The molecule has 0 saturated heterocycles. The highest BCUT2D eigenvalue weighted by Gasteiger charge is 2.38. The zero-order chi connectivity index (χ0) is 32.1. The lowest BCUT2D eigenvalue weighted by Gasteiger charge is -2.09. The van der Waals surface area contributed by atoms with Gasteiger partial charge in [-0.05, 0) is 49.1 Å². The first-order chi connectivity index (χ1) is 21.1. The number of alkyl halides is 3. The monoisotopic (exact) mass is 608 g/mol. The topological polar surface area (TPSA) is 167 Å². The Kier molecular flexibility index (Phi) is 12.1. The second-order valence-electron chi connectivity index (χ2n) is 9.64. The van der Waals surface area contributed by atoms with Crippen molar-refractivity contribution in [2.45, 2.75) is 65.0 Å². The van der Waals surface area contributed by atoms with Gasteiger partial charge in [-0.3, -0.25) is 14.7 Å². The molecule has 0 unspecified atom stereocenters. The van der Waals surface area contributed by atoms with E-state index in [9.17, 15) is 22.8 Å². The Labute approximate surface area is 251 Å². The van der Waals surface area contributed by atoms with Gasteiger partial charge in [-0.1, -0.05) is 51.0 Å². The van der Waals surface area contributed by atoms with Gasteiger partial charge in [0.2, 0.25) is 29.4 Å². The molecule has 0 aliphatic rings. The van der Waals surface area contributed by atoms with E-state index in [1.54, 1.807) is 24.3 Å². The van der Waals surface area contributed by atoms with Crippen LogP contribution in [0.2, 0.25) is 0 Å². The Bertz CT molecular complexity index is 1580. The van der Waals surface area contributed by atoms with E-state index in [0.29, 0.717) is 29.1 Å². The van der Waals surface area contributed by atoms with Crippen LogP contribution >= 0.6 is 0 Å². The quantitative estimate of drug-likeness (QED) is 0.129. The molecule has 0 saturated carbocycles. The number of hydrogen-bond acceptors (Lipinski definition) is 9. The molecule has 0 fully saturated rings. The number of rotatable bonds is 12. The lowest BCUT2D eigenvalue weighted by molar-refractivity contribution is -0.170. The number of halogens is 3. The number of carbonyl (C=O) groups is 2. The van der Waals surface area contributed by atoms with Crippen LogP contribution in [0.15, 0.2) is 48.5 Å². The molecule has 0 atom stereocenters. The van der Waals surface area contributed by atoms with Gasteiger partial charge < -0.3 is 5.32 Å². The average molecular weight is 609 g/mol. The minimum atomic E-state index is -4.98. The second-order valence-corrected chi connectivity index (χ2v) is 9.64. The van der Waals surface area contributed by atoms with E-state index < -0.39 is 18.4 Å². The first-order valence-corrected chi connectivity index (χ1v) is 13.9. The lowest BCUT2D eigenvalue weighted by Crippen LogP contribution is -2.25. The number of aromatic nitrogens is 6. The summed E-state index contributed by atoms with van der Waals surface area (Å²) in [5.41, 5.74) is 3.12. The van der Waals surface area contributed by atoms with Gasteiger partial charge in [0.15, 0.2) is 11.6 Å². The molecule has 44 heavy (non-hydrogen) atoms. The van der Waals surface area contributed by atoms with Crippen molar-refractivity contribution in [3.05, 3.63) is 59.9 Å². The summed E-state index contributed by atoms with van der Waals surface area (Å²) in [6.07, 6.45) is 0.0353. The van der Waals surface area contributed by atoms with Crippen LogP contribution in [0.4, 0.5) is 18.9 Å². The van der Waals surface area contributed by atoms with E-state index >= 15 is 0 Å². The molecule has 2 aromatic carbocycles. The van der Waals surface area contributed by atoms with E-state index in [1.807, 2.05) is 31.2 Å². The molecule has 0 spiro atoms. The average Bonchev–Trinajstić information content (AvgIpc) is 3.48.